The molecular weight excluding hydrogens is 264 g/mol. The van der Waals surface area contributed by atoms with Crippen LogP contribution < -0.4 is 16.4 Å². The fourth-order valence-electron chi connectivity index (χ4n) is 2.47. The van der Waals surface area contributed by atoms with E-state index in [0.29, 0.717) is 16.6 Å². The van der Waals surface area contributed by atoms with Crippen LogP contribution in [0, 0.1) is 5.41 Å². The number of thiazole rings is 1. The highest BCUT2D eigenvalue weighted by Gasteiger charge is 2.33. The second-order valence-corrected chi connectivity index (χ2v) is 6.03. The third kappa shape index (κ3) is 2.98. The second-order valence-electron chi connectivity index (χ2n) is 5.03. The maximum absolute atomic E-state index is 12.1. The highest BCUT2D eigenvalue weighted by molar-refractivity contribution is 7.18. The van der Waals surface area contributed by atoms with Crippen molar-refractivity contribution in [3.8, 4) is 0 Å². The fraction of sp³-hybridized carbons (Fsp3) is 0.667. The van der Waals surface area contributed by atoms with Crippen molar-refractivity contribution in [1.82, 2.24) is 10.3 Å². The van der Waals surface area contributed by atoms with Gasteiger partial charge in [0.05, 0.1) is 6.61 Å². The number of carbonyl (C=O) groups excluding carboxylic acids is 1. The van der Waals surface area contributed by atoms with E-state index in [0.717, 1.165) is 25.7 Å². The molecule has 1 amide bonds. The topological polar surface area (TPSA) is 100 Å². The summed E-state index contributed by atoms with van der Waals surface area (Å²) in [5.41, 5.74) is 5.56. The molecule has 0 aromatic carbocycles. The summed E-state index contributed by atoms with van der Waals surface area (Å²) in [5.74, 6) is 0.0348. The van der Waals surface area contributed by atoms with Crippen LogP contribution in [0.5, 0.6) is 0 Å². The lowest BCUT2D eigenvalue weighted by atomic mass is 9.87. The van der Waals surface area contributed by atoms with E-state index in [9.17, 15) is 9.90 Å². The molecule has 1 aromatic heterocycles. The fourth-order valence-corrected chi connectivity index (χ4v) is 3.22. The Labute approximate surface area is 116 Å². The van der Waals surface area contributed by atoms with Crippen molar-refractivity contribution in [3.63, 3.8) is 0 Å². The summed E-state index contributed by atoms with van der Waals surface area (Å²) >= 11 is 1.23. The Hall–Kier alpha value is -1.34. The molecule has 0 saturated heterocycles. The lowest BCUT2D eigenvalue weighted by molar-refractivity contribution is 0.0885. The van der Waals surface area contributed by atoms with Gasteiger partial charge in [0.15, 0.2) is 5.13 Å². The molecule has 19 heavy (non-hydrogen) atoms. The van der Waals surface area contributed by atoms with E-state index >= 15 is 0 Å². The highest BCUT2D eigenvalue weighted by Crippen LogP contribution is 2.37. The van der Waals surface area contributed by atoms with E-state index in [1.165, 1.54) is 11.3 Å². The van der Waals surface area contributed by atoms with E-state index in [1.807, 2.05) is 0 Å². The predicted molar refractivity (Wildman–Crippen MR) is 76.4 cm³/mol. The molecule has 0 spiro atoms. The number of nitrogen functional groups attached to an aromatic ring is 1. The van der Waals surface area contributed by atoms with Crippen LogP contribution in [0.15, 0.2) is 0 Å². The zero-order chi connectivity index (χ0) is 13.9. The summed E-state index contributed by atoms with van der Waals surface area (Å²) in [7, 11) is 1.74. The van der Waals surface area contributed by atoms with Crippen LogP contribution in [-0.2, 0) is 0 Å². The molecule has 7 heteroatoms. The van der Waals surface area contributed by atoms with Gasteiger partial charge in [0.25, 0.3) is 5.91 Å². The van der Waals surface area contributed by atoms with Crippen LogP contribution in [0.3, 0.4) is 0 Å². The molecule has 1 aliphatic carbocycles. The first-order chi connectivity index (χ1) is 9.10. The number of anilines is 2. The first-order valence-corrected chi connectivity index (χ1v) is 7.25. The number of rotatable bonds is 5. The quantitative estimate of drug-likeness (QED) is 0.647. The van der Waals surface area contributed by atoms with Crippen molar-refractivity contribution >= 4 is 28.2 Å². The average molecular weight is 284 g/mol. The molecule has 1 saturated carbocycles. The minimum absolute atomic E-state index is 0.118. The minimum atomic E-state index is -0.212. The van der Waals surface area contributed by atoms with Gasteiger partial charge in [0.2, 0.25) is 0 Å². The van der Waals surface area contributed by atoms with E-state index < -0.39 is 0 Å². The summed E-state index contributed by atoms with van der Waals surface area (Å²) in [6.45, 7) is 0.613. The molecule has 5 N–H and O–H groups in total. The van der Waals surface area contributed by atoms with Crippen LogP contribution in [0.25, 0.3) is 0 Å². The number of amides is 1. The largest absolute Gasteiger partial charge is 0.396 e. The standard InChI is InChI=1S/C12H20N4O2S/c1-14-11-16-9(13)8(19-11)10(18)15-6-12(7-17)4-2-3-5-12/h17H,2-7,13H2,1H3,(H,14,16)(H,15,18). The first kappa shape index (κ1) is 14.1. The molecule has 0 bridgehead atoms. The molecular formula is C12H20N4O2S. The lowest BCUT2D eigenvalue weighted by Crippen LogP contribution is -2.38. The first-order valence-electron chi connectivity index (χ1n) is 6.43. The van der Waals surface area contributed by atoms with Gasteiger partial charge in [-0.05, 0) is 12.8 Å². The van der Waals surface area contributed by atoms with Crippen molar-refractivity contribution < 1.29 is 9.90 Å². The van der Waals surface area contributed by atoms with Crippen molar-refractivity contribution in [2.24, 2.45) is 5.41 Å². The Bertz CT molecular complexity index is 455. The van der Waals surface area contributed by atoms with Gasteiger partial charge >= 0.3 is 0 Å². The highest BCUT2D eigenvalue weighted by atomic mass is 32.1. The Balaban J connectivity index is 1.98. The zero-order valence-corrected chi connectivity index (χ0v) is 11.8. The molecule has 2 rings (SSSR count). The van der Waals surface area contributed by atoms with Crippen molar-refractivity contribution in [2.45, 2.75) is 25.7 Å². The second kappa shape index (κ2) is 5.75. The number of nitrogens with zero attached hydrogens (tertiary/aromatic N) is 1. The molecule has 0 atom stereocenters. The molecule has 1 aliphatic rings. The normalized spacial score (nSPS) is 17.4. The average Bonchev–Trinajstić information content (AvgIpc) is 3.03. The van der Waals surface area contributed by atoms with Crippen LogP contribution in [0.1, 0.15) is 35.4 Å². The SMILES string of the molecule is CNc1nc(N)c(C(=O)NCC2(CO)CCCC2)s1. The molecule has 1 aromatic rings. The van der Waals surface area contributed by atoms with E-state index in [-0.39, 0.29) is 23.7 Å². The van der Waals surface area contributed by atoms with E-state index in [1.54, 1.807) is 7.05 Å². The Morgan fingerprint density at radius 1 is 1.53 bits per heavy atom. The van der Waals surface area contributed by atoms with Gasteiger partial charge in [-0.15, -0.1) is 0 Å². The predicted octanol–water partition coefficient (Wildman–Crippen LogP) is 1.05. The van der Waals surface area contributed by atoms with Crippen LogP contribution in [0.4, 0.5) is 10.9 Å². The monoisotopic (exact) mass is 284 g/mol. The van der Waals surface area contributed by atoms with Gasteiger partial charge < -0.3 is 21.5 Å². The third-order valence-electron chi connectivity index (χ3n) is 3.70. The number of aliphatic hydroxyl groups excluding tert-OH is 1. The van der Waals surface area contributed by atoms with Gasteiger partial charge in [0.1, 0.15) is 10.7 Å². The molecule has 0 radical (unpaired) electrons. The number of carbonyl (C=O) groups is 1. The van der Waals surface area contributed by atoms with Crippen molar-refractivity contribution in [2.75, 3.05) is 31.2 Å². The van der Waals surface area contributed by atoms with Gasteiger partial charge in [-0.25, -0.2) is 4.98 Å². The molecule has 0 unspecified atom stereocenters. The van der Waals surface area contributed by atoms with Gasteiger partial charge in [0, 0.05) is 19.0 Å². The van der Waals surface area contributed by atoms with E-state index in [4.69, 9.17) is 5.73 Å². The molecule has 106 valence electrons. The van der Waals surface area contributed by atoms with Crippen LogP contribution >= 0.6 is 11.3 Å². The zero-order valence-electron chi connectivity index (χ0n) is 11.0. The summed E-state index contributed by atoms with van der Waals surface area (Å²) in [6, 6.07) is 0. The Morgan fingerprint density at radius 3 is 2.74 bits per heavy atom. The van der Waals surface area contributed by atoms with Crippen molar-refractivity contribution in [3.05, 3.63) is 4.88 Å². The number of hydrogen-bond donors (Lipinski definition) is 4. The number of nitrogens with one attached hydrogen (secondary N) is 2. The van der Waals surface area contributed by atoms with Gasteiger partial charge in [-0.3, -0.25) is 4.79 Å². The van der Waals surface area contributed by atoms with Gasteiger partial charge in [-0.1, -0.05) is 24.2 Å². The van der Waals surface area contributed by atoms with Crippen LogP contribution in [0.2, 0.25) is 0 Å². The maximum Gasteiger partial charge on any atom is 0.265 e. The summed E-state index contributed by atoms with van der Waals surface area (Å²) < 4.78 is 0. The molecule has 1 heterocycles. The number of hydrogen-bond acceptors (Lipinski definition) is 6. The summed E-state index contributed by atoms with van der Waals surface area (Å²) in [4.78, 5) is 16.5. The molecule has 1 fully saturated rings. The Kier molecular flexibility index (Phi) is 4.26. The van der Waals surface area contributed by atoms with E-state index in [2.05, 4.69) is 15.6 Å². The maximum atomic E-state index is 12.1. The van der Waals surface area contributed by atoms with Gasteiger partial charge in [-0.2, -0.15) is 0 Å². The van der Waals surface area contributed by atoms with Crippen LogP contribution in [-0.4, -0.2) is 36.2 Å². The molecule has 6 nitrogen and oxygen atoms in total. The van der Waals surface area contributed by atoms with Crippen molar-refractivity contribution in [1.29, 1.82) is 0 Å². The smallest absolute Gasteiger partial charge is 0.265 e. The summed E-state index contributed by atoms with van der Waals surface area (Å²) in [5, 5.41) is 15.9. The Morgan fingerprint density at radius 2 is 2.21 bits per heavy atom. The molecule has 0 aliphatic heterocycles. The third-order valence-corrected chi connectivity index (χ3v) is 4.78. The number of aromatic nitrogens is 1. The number of nitrogens with two attached hydrogens (primary N) is 1. The minimum Gasteiger partial charge on any atom is -0.396 e. The summed E-state index contributed by atoms with van der Waals surface area (Å²) in [6.07, 6.45) is 4.15. The lowest BCUT2D eigenvalue weighted by Gasteiger charge is -2.26. The number of aliphatic hydroxyl groups is 1.